The van der Waals surface area contributed by atoms with E-state index in [9.17, 15) is 10.1 Å². The van der Waals surface area contributed by atoms with Crippen LogP contribution in [0.3, 0.4) is 0 Å². The Labute approximate surface area is 116 Å². The summed E-state index contributed by atoms with van der Waals surface area (Å²) in [7, 11) is 0. The van der Waals surface area contributed by atoms with Crippen LogP contribution in [0.4, 0.5) is 22.7 Å². The Morgan fingerprint density at radius 3 is 2.65 bits per heavy atom. The van der Waals surface area contributed by atoms with Crippen molar-refractivity contribution in [2.75, 3.05) is 11.1 Å². The van der Waals surface area contributed by atoms with Crippen LogP contribution < -0.4 is 11.1 Å². The highest BCUT2D eigenvalue weighted by molar-refractivity contribution is 5.68. The molecule has 0 saturated carbocycles. The van der Waals surface area contributed by atoms with Crippen molar-refractivity contribution in [3.63, 3.8) is 0 Å². The zero-order chi connectivity index (χ0) is 14.1. The van der Waals surface area contributed by atoms with Crippen LogP contribution in [0.2, 0.25) is 0 Å². The van der Waals surface area contributed by atoms with Gasteiger partial charge in [-0.15, -0.1) is 0 Å². The standard InChI is InChI=1S/C15H15N3O2/c16-12-7-14(9-15(8-12)18(19)20)17-13-5-4-10-2-1-3-11(10)6-13/h4-9,17H,1-3,16H2. The van der Waals surface area contributed by atoms with E-state index in [-0.39, 0.29) is 5.69 Å². The maximum absolute atomic E-state index is 10.8. The number of rotatable bonds is 3. The summed E-state index contributed by atoms with van der Waals surface area (Å²) in [5.74, 6) is 0. The number of nitro benzene ring substituents is 1. The number of nitrogens with two attached hydrogens (primary N) is 1. The highest BCUT2D eigenvalue weighted by atomic mass is 16.6. The summed E-state index contributed by atoms with van der Waals surface area (Å²) in [6.45, 7) is 0. The van der Waals surface area contributed by atoms with Crippen molar-refractivity contribution in [1.29, 1.82) is 0 Å². The van der Waals surface area contributed by atoms with Gasteiger partial charge in [-0.1, -0.05) is 6.07 Å². The lowest BCUT2D eigenvalue weighted by Crippen LogP contribution is -1.96. The van der Waals surface area contributed by atoms with E-state index in [4.69, 9.17) is 5.73 Å². The number of nitro groups is 1. The lowest BCUT2D eigenvalue weighted by Gasteiger charge is -2.09. The minimum Gasteiger partial charge on any atom is -0.398 e. The zero-order valence-corrected chi connectivity index (χ0v) is 10.9. The topological polar surface area (TPSA) is 81.2 Å². The molecule has 0 radical (unpaired) electrons. The molecule has 0 aromatic heterocycles. The maximum atomic E-state index is 10.8. The third kappa shape index (κ3) is 2.42. The van der Waals surface area contributed by atoms with Crippen LogP contribution in [0.15, 0.2) is 36.4 Å². The number of hydrogen-bond donors (Lipinski definition) is 2. The molecular weight excluding hydrogens is 254 g/mol. The first-order chi connectivity index (χ1) is 9.61. The van der Waals surface area contributed by atoms with Gasteiger partial charge in [-0.2, -0.15) is 0 Å². The number of nitrogens with zero attached hydrogens (tertiary/aromatic N) is 1. The van der Waals surface area contributed by atoms with Gasteiger partial charge in [0.15, 0.2) is 0 Å². The summed E-state index contributed by atoms with van der Waals surface area (Å²) in [5, 5.41) is 14.0. The molecule has 5 heteroatoms. The van der Waals surface area contributed by atoms with Crippen LogP contribution in [0.25, 0.3) is 0 Å². The van der Waals surface area contributed by atoms with E-state index in [2.05, 4.69) is 17.4 Å². The van der Waals surface area contributed by atoms with Crippen LogP contribution >= 0.6 is 0 Å². The Balaban J connectivity index is 1.89. The average molecular weight is 269 g/mol. The molecule has 2 aromatic carbocycles. The highest BCUT2D eigenvalue weighted by Crippen LogP contribution is 2.29. The molecule has 0 bridgehead atoms. The van der Waals surface area contributed by atoms with Gasteiger partial charge in [0.1, 0.15) is 0 Å². The summed E-state index contributed by atoms with van der Waals surface area (Å²) >= 11 is 0. The van der Waals surface area contributed by atoms with E-state index < -0.39 is 4.92 Å². The maximum Gasteiger partial charge on any atom is 0.273 e. The Bertz CT molecular complexity index is 683. The number of non-ortho nitro benzene ring substituents is 1. The lowest BCUT2D eigenvalue weighted by atomic mass is 10.1. The number of anilines is 3. The lowest BCUT2D eigenvalue weighted by molar-refractivity contribution is -0.384. The van der Waals surface area contributed by atoms with E-state index in [1.807, 2.05) is 6.07 Å². The minimum absolute atomic E-state index is 0.00587. The molecule has 0 fully saturated rings. The predicted octanol–water partition coefficient (Wildman–Crippen LogP) is 3.41. The van der Waals surface area contributed by atoms with Gasteiger partial charge >= 0.3 is 0 Å². The molecule has 5 nitrogen and oxygen atoms in total. The van der Waals surface area contributed by atoms with Gasteiger partial charge in [-0.25, -0.2) is 0 Å². The average Bonchev–Trinajstić information content (AvgIpc) is 2.85. The van der Waals surface area contributed by atoms with Gasteiger partial charge in [0, 0.05) is 29.2 Å². The molecule has 0 amide bonds. The van der Waals surface area contributed by atoms with Gasteiger partial charge < -0.3 is 11.1 Å². The first-order valence-electron chi connectivity index (χ1n) is 6.55. The number of nitrogen functional groups attached to an aromatic ring is 1. The van der Waals surface area contributed by atoms with Crippen LogP contribution in [0.5, 0.6) is 0 Å². The van der Waals surface area contributed by atoms with Crippen molar-refractivity contribution in [1.82, 2.24) is 0 Å². The fraction of sp³-hybridized carbons (Fsp3) is 0.200. The minimum atomic E-state index is -0.440. The molecule has 2 aromatic rings. The van der Waals surface area contributed by atoms with Crippen LogP contribution in [0.1, 0.15) is 17.5 Å². The quantitative estimate of drug-likeness (QED) is 0.508. The van der Waals surface area contributed by atoms with E-state index in [0.717, 1.165) is 18.5 Å². The normalized spacial score (nSPS) is 13.0. The van der Waals surface area contributed by atoms with Gasteiger partial charge in [-0.3, -0.25) is 10.1 Å². The summed E-state index contributed by atoms with van der Waals surface area (Å²) < 4.78 is 0. The van der Waals surface area contributed by atoms with Gasteiger partial charge in [-0.05, 0) is 48.6 Å². The summed E-state index contributed by atoms with van der Waals surface area (Å²) in [5.41, 5.74) is 10.4. The first-order valence-corrected chi connectivity index (χ1v) is 6.55. The van der Waals surface area contributed by atoms with Crippen molar-refractivity contribution < 1.29 is 4.92 Å². The van der Waals surface area contributed by atoms with E-state index >= 15 is 0 Å². The van der Waals surface area contributed by atoms with Crippen LogP contribution in [-0.4, -0.2) is 4.92 Å². The summed E-state index contributed by atoms with van der Waals surface area (Å²) in [6.07, 6.45) is 3.43. The van der Waals surface area contributed by atoms with Crippen molar-refractivity contribution in [2.45, 2.75) is 19.3 Å². The molecule has 0 unspecified atom stereocenters. The Morgan fingerprint density at radius 1 is 1.05 bits per heavy atom. The fourth-order valence-corrected chi connectivity index (χ4v) is 2.63. The molecule has 3 N–H and O–H groups in total. The number of benzene rings is 2. The van der Waals surface area contributed by atoms with Crippen molar-refractivity contribution >= 4 is 22.7 Å². The Hall–Kier alpha value is -2.56. The predicted molar refractivity (Wildman–Crippen MR) is 79.3 cm³/mol. The fourth-order valence-electron chi connectivity index (χ4n) is 2.63. The van der Waals surface area contributed by atoms with E-state index in [1.54, 1.807) is 6.07 Å². The molecule has 0 heterocycles. The first kappa shape index (κ1) is 12.5. The zero-order valence-electron chi connectivity index (χ0n) is 10.9. The molecular formula is C15H15N3O2. The van der Waals surface area contributed by atoms with E-state index in [1.165, 1.54) is 29.7 Å². The molecule has 1 aliphatic carbocycles. The van der Waals surface area contributed by atoms with Gasteiger partial charge in [0.2, 0.25) is 0 Å². The van der Waals surface area contributed by atoms with Crippen molar-refractivity contribution in [2.24, 2.45) is 0 Å². The monoisotopic (exact) mass is 269 g/mol. The Morgan fingerprint density at radius 2 is 1.85 bits per heavy atom. The molecule has 20 heavy (non-hydrogen) atoms. The smallest absolute Gasteiger partial charge is 0.273 e. The molecule has 3 rings (SSSR count). The second-order valence-electron chi connectivity index (χ2n) is 5.03. The van der Waals surface area contributed by atoms with E-state index in [0.29, 0.717) is 11.4 Å². The third-order valence-electron chi connectivity index (χ3n) is 3.54. The number of aryl methyl sites for hydroxylation is 2. The van der Waals surface area contributed by atoms with Crippen molar-refractivity contribution in [3.8, 4) is 0 Å². The molecule has 1 aliphatic rings. The number of hydrogen-bond acceptors (Lipinski definition) is 4. The molecule has 0 spiro atoms. The third-order valence-corrected chi connectivity index (χ3v) is 3.54. The molecule has 0 aliphatic heterocycles. The number of fused-ring (bicyclic) bond motifs is 1. The van der Waals surface area contributed by atoms with Crippen LogP contribution in [0, 0.1) is 10.1 Å². The Kier molecular flexibility index (Phi) is 3.02. The molecule has 0 saturated heterocycles. The van der Waals surface area contributed by atoms with Gasteiger partial charge in [0.25, 0.3) is 5.69 Å². The molecule has 0 atom stereocenters. The summed E-state index contributed by atoms with van der Waals surface area (Å²) in [4.78, 5) is 10.4. The molecule has 102 valence electrons. The second kappa shape index (κ2) is 4.85. The van der Waals surface area contributed by atoms with Crippen LogP contribution in [-0.2, 0) is 12.8 Å². The van der Waals surface area contributed by atoms with Gasteiger partial charge in [0.05, 0.1) is 4.92 Å². The second-order valence-corrected chi connectivity index (χ2v) is 5.03. The number of nitrogens with one attached hydrogen (secondary N) is 1. The highest BCUT2D eigenvalue weighted by Gasteiger charge is 2.12. The van der Waals surface area contributed by atoms with Crippen molar-refractivity contribution in [3.05, 3.63) is 57.6 Å². The summed E-state index contributed by atoms with van der Waals surface area (Å²) in [6, 6.07) is 10.8. The largest absolute Gasteiger partial charge is 0.398 e. The SMILES string of the molecule is Nc1cc(Nc2ccc3c(c2)CCC3)cc([N+](=O)[O-])c1.